The van der Waals surface area contributed by atoms with Gasteiger partial charge in [0.05, 0.1) is 0 Å². The van der Waals surface area contributed by atoms with Crippen LogP contribution in [0.15, 0.2) is 17.2 Å². The molecule has 0 aromatic carbocycles. The van der Waals surface area contributed by atoms with E-state index in [9.17, 15) is 13.2 Å². The zero-order valence-electron chi connectivity index (χ0n) is 14.4. The maximum Gasteiger partial charge on any atom is 0.352 e. The van der Waals surface area contributed by atoms with Gasteiger partial charge in [0.25, 0.3) is 0 Å². The van der Waals surface area contributed by atoms with E-state index in [-0.39, 0.29) is 10.6 Å². The van der Waals surface area contributed by atoms with Gasteiger partial charge in [-0.3, -0.25) is 0 Å². The smallest absolute Gasteiger partial charge is 0.352 e. The fourth-order valence-electron chi connectivity index (χ4n) is 2.95. The summed E-state index contributed by atoms with van der Waals surface area (Å²) in [5.41, 5.74) is -0.0136. The molecule has 0 unspecified atom stereocenters. The molecular weight excluding hydrogens is 330 g/mol. The lowest BCUT2D eigenvalue weighted by Gasteiger charge is -2.30. The minimum Gasteiger partial charge on any atom is -0.477 e. The van der Waals surface area contributed by atoms with Gasteiger partial charge in [0, 0.05) is 19.3 Å². The van der Waals surface area contributed by atoms with Crippen LogP contribution in [0, 0.1) is 5.92 Å². The first-order chi connectivity index (χ1) is 11.3. The Morgan fingerprint density at radius 3 is 2.58 bits per heavy atom. The first kappa shape index (κ1) is 19.0. The van der Waals surface area contributed by atoms with Crippen molar-refractivity contribution in [3.63, 3.8) is 0 Å². The fourth-order valence-corrected chi connectivity index (χ4v) is 4.06. The number of aromatic nitrogens is 1. The van der Waals surface area contributed by atoms with Crippen molar-refractivity contribution >= 4 is 16.0 Å². The third-order valence-electron chi connectivity index (χ3n) is 4.56. The third-order valence-corrected chi connectivity index (χ3v) is 5.99. The molecule has 2 heterocycles. The van der Waals surface area contributed by atoms with Crippen molar-refractivity contribution in [1.29, 1.82) is 0 Å². The van der Waals surface area contributed by atoms with Gasteiger partial charge >= 0.3 is 5.97 Å². The van der Waals surface area contributed by atoms with Crippen LogP contribution in [0.1, 0.15) is 43.6 Å². The average Bonchev–Trinajstić information content (AvgIpc) is 2.99. The maximum atomic E-state index is 12.3. The number of piperidine rings is 1. The summed E-state index contributed by atoms with van der Waals surface area (Å²) in [6.45, 7) is 7.84. The van der Waals surface area contributed by atoms with Crippen molar-refractivity contribution in [2.75, 3.05) is 26.2 Å². The molecule has 1 fully saturated rings. The number of nitrogens with one attached hydrogen (secondary N) is 1. The van der Waals surface area contributed by atoms with Gasteiger partial charge < -0.3 is 14.6 Å². The molecule has 2 rings (SSSR count). The zero-order valence-corrected chi connectivity index (χ0v) is 15.2. The highest BCUT2D eigenvalue weighted by Gasteiger charge is 2.21. The number of likely N-dealkylation sites (tertiary alicyclic amines) is 1. The number of carbonyl (C=O) groups is 1. The molecule has 24 heavy (non-hydrogen) atoms. The number of aromatic carboxylic acids is 1. The van der Waals surface area contributed by atoms with Gasteiger partial charge in [0.15, 0.2) is 0 Å². The summed E-state index contributed by atoms with van der Waals surface area (Å²) < 4.78 is 28.6. The summed E-state index contributed by atoms with van der Waals surface area (Å²) in [4.78, 5) is 13.5. The fraction of sp³-hybridized carbons (Fsp3) is 0.688. The Morgan fingerprint density at radius 1 is 1.38 bits per heavy atom. The Bertz CT molecular complexity index is 661. The summed E-state index contributed by atoms with van der Waals surface area (Å²) >= 11 is 0. The number of nitrogens with zero attached hydrogens (tertiary/aromatic N) is 2. The van der Waals surface area contributed by atoms with Crippen molar-refractivity contribution in [1.82, 2.24) is 14.2 Å². The SMILES string of the molecule is CCn1cc(S(=O)(=O)NCCCN2CCC(C)CC2)cc1C(=O)O. The van der Waals surface area contributed by atoms with E-state index < -0.39 is 16.0 Å². The maximum absolute atomic E-state index is 12.3. The quantitative estimate of drug-likeness (QED) is 0.690. The first-order valence-corrected chi connectivity index (χ1v) is 9.97. The second-order valence-electron chi connectivity index (χ2n) is 6.43. The molecule has 1 saturated heterocycles. The summed E-state index contributed by atoms with van der Waals surface area (Å²) in [5, 5.41) is 9.11. The largest absolute Gasteiger partial charge is 0.477 e. The molecule has 0 amide bonds. The number of aryl methyl sites for hydroxylation is 1. The Balaban J connectivity index is 1.86. The summed E-state index contributed by atoms with van der Waals surface area (Å²) in [6, 6.07) is 1.21. The van der Waals surface area contributed by atoms with E-state index in [1.165, 1.54) is 29.7 Å². The van der Waals surface area contributed by atoms with Crippen molar-refractivity contribution in [3.05, 3.63) is 18.0 Å². The standard InChI is InChI=1S/C16H27N3O4S/c1-3-19-12-14(11-15(19)16(20)21)24(22,23)17-7-4-8-18-9-5-13(2)6-10-18/h11-13,17H,3-10H2,1-2H3,(H,20,21). The summed E-state index contributed by atoms with van der Waals surface area (Å²) in [5.74, 6) is -0.344. The second-order valence-corrected chi connectivity index (χ2v) is 8.19. The second kappa shape index (κ2) is 8.13. The van der Waals surface area contributed by atoms with Crippen LogP contribution < -0.4 is 4.72 Å². The van der Waals surface area contributed by atoms with E-state index in [0.29, 0.717) is 13.1 Å². The molecule has 1 aliphatic heterocycles. The molecular formula is C16H27N3O4S. The van der Waals surface area contributed by atoms with Gasteiger partial charge in [0.1, 0.15) is 10.6 Å². The molecule has 7 nitrogen and oxygen atoms in total. The molecule has 1 aromatic heterocycles. The minimum absolute atomic E-state index is 0.00791. The van der Waals surface area contributed by atoms with Gasteiger partial charge in [-0.25, -0.2) is 17.9 Å². The first-order valence-electron chi connectivity index (χ1n) is 8.49. The highest BCUT2D eigenvalue weighted by Crippen LogP contribution is 2.16. The Hall–Kier alpha value is -1.38. The van der Waals surface area contributed by atoms with Crippen molar-refractivity contribution in [2.45, 2.75) is 44.6 Å². The molecule has 0 atom stereocenters. The van der Waals surface area contributed by atoms with Gasteiger partial charge in [-0.05, 0) is 57.8 Å². The van der Waals surface area contributed by atoms with Crippen molar-refractivity contribution in [3.8, 4) is 0 Å². The zero-order chi connectivity index (χ0) is 17.7. The normalized spacial score (nSPS) is 17.2. The van der Waals surface area contributed by atoms with Crippen LogP contribution in [0.3, 0.4) is 0 Å². The predicted molar refractivity (Wildman–Crippen MR) is 91.7 cm³/mol. The lowest BCUT2D eigenvalue weighted by molar-refractivity contribution is 0.0685. The van der Waals surface area contributed by atoms with E-state index in [1.807, 2.05) is 0 Å². The summed E-state index contributed by atoms with van der Waals surface area (Å²) in [6.07, 6.45) is 4.52. The molecule has 1 aromatic rings. The molecule has 136 valence electrons. The highest BCUT2D eigenvalue weighted by molar-refractivity contribution is 7.89. The Kier molecular flexibility index (Phi) is 6.42. The minimum atomic E-state index is -3.67. The van der Waals surface area contributed by atoms with Crippen LogP contribution in [0.5, 0.6) is 0 Å². The lowest BCUT2D eigenvalue weighted by Crippen LogP contribution is -2.35. The van der Waals surface area contributed by atoms with Crippen LogP contribution in [-0.4, -0.2) is 55.1 Å². The number of rotatable bonds is 8. The van der Waals surface area contributed by atoms with E-state index in [0.717, 1.165) is 32.0 Å². The molecule has 0 bridgehead atoms. The van der Waals surface area contributed by atoms with E-state index in [4.69, 9.17) is 5.11 Å². The number of carboxylic acid groups (broad SMARTS) is 1. The van der Waals surface area contributed by atoms with Gasteiger partial charge in [-0.2, -0.15) is 0 Å². The molecule has 0 saturated carbocycles. The molecule has 0 aliphatic carbocycles. The average molecular weight is 357 g/mol. The van der Waals surface area contributed by atoms with Crippen LogP contribution in [-0.2, 0) is 16.6 Å². The molecule has 0 spiro atoms. The molecule has 0 radical (unpaired) electrons. The van der Waals surface area contributed by atoms with Crippen LogP contribution in [0.2, 0.25) is 0 Å². The van der Waals surface area contributed by atoms with E-state index in [1.54, 1.807) is 6.92 Å². The summed E-state index contributed by atoms with van der Waals surface area (Å²) in [7, 11) is -3.67. The van der Waals surface area contributed by atoms with E-state index in [2.05, 4.69) is 16.5 Å². The van der Waals surface area contributed by atoms with Crippen LogP contribution >= 0.6 is 0 Å². The van der Waals surface area contributed by atoms with Crippen molar-refractivity contribution in [2.24, 2.45) is 5.92 Å². The molecule has 2 N–H and O–H groups in total. The van der Waals surface area contributed by atoms with Crippen LogP contribution in [0.4, 0.5) is 0 Å². The number of sulfonamides is 1. The highest BCUT2D eigenvalue weighted by atomic mass is 32.2. The monoisotopic (exact) mass is 357 g/mol. The Labute approximate surface area is 143 Å². The van der Waals surface area contributed by atoms with Crippen molar-refractivity contribution < 1.29 is 18.3 Å². The van der Waals surface area contributed by atoms with E-state index >= 15 is 0 Å². The van der Waals surface area contributed by atoms with Gasteiger partial charge in [-0.1, -0.05) is 6.92 Å². The Morgan fingerprint density at radius 2 is 2.04 bits per heavy atom. The number of carboxylic acids is 1. The van der Waals surface area contributed by atoms with Crippen LogP contribution in [0.25, 0.3) is 0 Å². The predicted octanol–water partition coefficient (Wildman–Crippen LogP) is 1.61. The third kappa shape index (κ3) is 4.81. The van der Waals surface area contributed by atoms with Gasteiger partial charge in [-0.15, -0.1) is 0 Å². The lowest BCUT2D eigenvalue weighted by atomic mass is 9.99. The molecule has 8 heteroatoms. The topological polar surface area (TPSA) is 91.6 Å². The number of hydrogen-bond acceptors (Lipinski definition) is 4. The molecule has 1 aliphatic rings. The van der Waals surface area contributed by atoms with Gasteiger partial charge in [0.2, 0.25) is 10.0 Å². The number of hydrogen-bond donors (Lipinski definition) is 2.